The number of benzene rings is 2. The summed E-state index contributed by atoms with van der Waals surface area (Å²) in [4.78, 5) is 0. The Morgan fingerprint density at radius 3 is 2.20 bits per heavy atom. The number of hydrogen-bond acceptors (Lipinski definition) is 1. The van der Waals surface area contributed by atoms with E-state index >= 15 is 0 Å². The predicted molar refractivity (Wildman–Crippen MR) is 86.0 cm³/mol. The van der Waals surface area contributed by atoms with Gasteiger partial charge in [-0.25, -0.2) is 0 Å². The molecule has 0 fully saturated rings. The summed E-state index contributed by atoms with van der Waals surface area (Å²) in [5.41, 5.74) is 2.22. The van der Waals surface area contributed by atoms with E-state index < -0.39 is 0 Å². The highest BCUT2D eigenvalue weighted by Crippen LogP contribution is 2.27. The van der Waals surface area contributed by atoms with E-state index in [4.69, 9.17) is 4.74 Å². The largest absolute Gasteiger partial charge is 0.497 e. The Balaban J connectivity index is 2.24. The molecule has 1 unspecified atom stereocenters. The van der Waals surface area contributed by atoms with Crippen LogP contribution in [-0.4, -0.2) is 7.11 Å². The van der Waals surface area contributed by atoms with E-state index in [2.05, 4.69) is 49.9 Å². The van der Waals surface area contributed by atoms with Gasteiger partial charge in [0.25, 0.3) is 0 Å². The molecule has 20 heavy (non-hydrogen) atoms. The lowest BCUT2D eigenvalue weighted by Gasteiger charge is -2.22. The number of allylic oxidation sites excluding steroid dienone is 2. The zero-order valence-electron chi connectivity index (χ0n) is 12.0. The van der Waals surface area contributed by atoms with Gasteiger partial charge in [-0.3, -0.25) is 0 Å². The topological polar surface area (TPSA) is 9.23 Å². The fraction of sp³-hybridized carbons (Fsp3) is 0.158. The minimum atomic E-state index is -0.165. The minimum Gasteiger partial charge on any atom is -0.497 e. The zero-order chi connectivity index (χ0) is 14.4. The van der Waals surface area contributed by atoms with Gasteiger partial charge in [0.05, 0.1) is 7.11 Å². The molecule has 0 N–H and O–H groups in total. The second kappa shape index (κ2) is 6.25. The van der Waals surface area contributed by atoms with Crippen molar-refractivity contribution in [1.29, 1.82) is 0 Å². The van der Waals surface area contributed by atoms with Crippen LogP contribution in [0, 0.1) is 0 Å². The first-order chi connectivity index (χ1) is 9.68. The summed E-state index contributed by atoms with van der Waals surface area (Å²) in [6.45, 7) is 6.14. The average molecular weight is 264 g/mol. The Hall–Kier alpha value is -2.28. The normalized spacial score (nSPS) is 13.9. The van der Waals surface area contributed by atoms with Crippen molar-refractivity contribution >= 4 is 6.08 Å². The Morgan fingerprint density at radius 2 is 1.65 bits per heavy atom. The smallest absolute Gasteiger partial charge is 0.118 e. The highest BCUT2D eigenvalue weighted by molar-refractivity contribution is 5.54. The summed E-state index contributed by atoms with van der Waals surface area (Å²) in [6.07, 6.45) is 6.27. The van der Waals surface area contributed by atoms with Crippen LogP contribution < -0.4 is 4.74 Å². The van der Waals surface area contributed by atoms with Crippen LogP contribution in [0.5, 0.6) is 5.75 Å². The van der Waals surface area contributed by atoms with Gasteiger partial charge in [-0.1, -0.05) is 60.7 Å². The van der Waals surface area contributed by atoms with E-state index in [0.29, 0.717) is 0 Å². The third kappa shape index (κ3) is 3.18. The zero-order valence-corrected chi connectivity index (χ0v) is 12.0. The summed E-state index contributed by atoms with van der Waals surface area (Å²) < 4.78 is 5.16. The van der Waals surface area contributed by atoms with Crippen LogP contribution in [0.1, 0.15) is 18.1 Å². The van der Waals surface area contributed by atoms with Gasteiger partial charge in [0.1, 0.15) is 5.75 Å². The first-order valence-corrected chi connectivity index (χ1v) is 6.70. The van der Waals surface area contributed by atoms with Crippen molar-refractivity contribution in [3.05, 3.63) is 84.5 Å². The van der Waals surface area contributed by atoms with Crippen molar-refractivity contribution in [3.8, 4) is 5.75 Å². The van der Waals surface area contributed by atoms with E-state index in [1.165, 1.54) is 5.56 Å². The number of hydrogen-bond donors (Lipinski definition) is 0. The van der Waals surface area contributed by atoms with Gasteiger partial charge in [0, 0.05) is 5.41 Å². The molecule has 0 saturated carbocycles. The molecular formula is C19H20O. The van der Waals surface area contributed by atoms with E-state index in [-0.39, 0.29) is 5.41 Å². The van der Waals surface area contributed by atoms with Crippen LogP contribution in [0.25, 0.3) is 6.08 Å². The van der Waals surface area contributed by atoms with Gasteiger partial charge in [-0.15, -0.1) is 6.58 Å². The summed E-state index contributed by atoms with van der Waals surface area (Å²) in [6, 6.07) is 18.4. The fourth-order valence-electron chi connectivity index (χ4n) is 2.06. The van der Waals surface area contributed by atoms with E-state index in [9.17, 15) is 0 Å². The van der Waals surface area contributed by atoms with Crippen LogP contribution in [-0.2, 0) is 5.41 Å². The standard InChI is InChI=1S/C19H20O/c1-4-19(2,17-8-6-5-7-9-17)15-14-16-10-12-18(20-3)13-11-16/h4-15H,1H2,2-3H3. The molecule has 0 radical (unpaired) electrons. The van der Waals surface area contributed by atoms with Gasteiger partial charge in [-0.05, 0) is 30.2 Å². The molecule has 1 atom stereocenters. The molecule has 2 rings (SSSR count). The Labute approximate surface area is 121 Å². The molecule has 0 aliphatic carbocycles. The molecule has 0 amide bonds. The second-order valence-electron chi connectivity index (χ2n) is 4.96. The van der Waals surface area contributed by atoms with E-state index in [1.54, 1.807) is 7.11 Å². The van der Waals surface area contributed by atoms with Gasteiger partial charge < -0.3 is 4.74 Å². The molecule has 0 aliphatic rings. The Morgan fingerprint density at radius 1 is 1.00 bits per heavy atom. The van der Waals surface area contributed by atoms with Crippen LogP contribution >= 0.6 is 0 Å². The Kier molecular flexibility index (Phi) is 4.41. The Bertz CT molecular complexity index is 581. The van der Waals surface area contributed by atoms with Crippen molar-refractivity contribution in [3.63, 3.8) is 0 Å². The van der Waals surface area contributed by atoms with Crippen LogP contribution in [0.3, 0.4) is 0 Å². The van der Waals surface area contributed by atoms with Crippen molar-refractivity contribution in [2.75, 3.05) is 7.11 Å². The number of methoxy groups -OCH3 is 1. The third-order valence-corrected chi connectivity index (χ3v) is 3.56. The maximum absolute atomic E-state index is 5.16. The van der Waals surface area contributed by atoms with E-state index in [0.717, 1.165) is 11.3 Å². The molecule has 0 spiro atoms. The van der Waals surface area contributed by atoms with Gasteiger partial charge in [0.15, 0.2) is 0 Å². The first kappa shape index (κ1) is 14.1. The van der Waals surface area contributed by atoms with Crippen molar-refractivity contribution in [2.45, 2.75) is 12.3 Å². The summed E-state index contributed by atoms with van der Waals surface area (Å²) in [5.74, 6) is 0.872. The maximum atomic E-state index is 5.16. The quantitative estimate of drug-likeness (QED) is 0.701. The number of ether oxygens (including phenoxy) is 1. The SMILES string of the molecule is C=CC(C)(C=Cc1ccc(OC)cc1)c1ccccc1. The molecule has 0 aliphatic heterocycles. The highest BCUT2D eigenvalue weighted by Gasteiger charge is 2.18. The molecule has 0 bridgehead atoms. The fourth-order valence-corrected chi connectivity index (χ4v) is 2.06. The predicted octanol–water partition coefficient (Wildman–Crippen LogP) is 4.85. The van der Waals surface area contributed by atoms with Crippen LogP contribution in [0.4, 0.5) is 0 Å². The average Bonchev–Trinajstić information content (AvgIpc) is 2.54. The van der Waals surface area contributed by atoms with Crippen LogP contribution in [0.2, 0.25) is 0 Å². The molecule has 102 valence electrons. The molecule has 0 aromatic heterocycles. The monoisotopic (exact) mass is 264 g/mol. The molecule has 1 nitrogen and oxygen atoms in total. The number of rotatable bonds is 5. The summed E-state index contributed by atoms with van der Waals surface area (Å²) in [7, 11) is 1.68. The van der Waals surface area contributed by atoms with Crippen molar-refractivity contribution in [1.82, 2.24) is 0 Å². The van der Waals surface area contributed by atoms with E-state index in [1.807, 2.05) is 36.4 Å². The van der Waals surface area contributed by atoms with Crippen molar-refractivity contribution < 1.29 is 4.74 Å². The third-order valence-electron chi connectivity index (χ3n) is 3.56. The van der Waals surface area contributed by atoms with Crippen LogP contribution in [0.15, 0.2) is 73.3 Å². The minimum absolute atomic E-state index is 0.165. The van der Waals surface area contributed by atoms with Gasteiger partial charge >= 0.3 is 0 Å². The lowest BCUT2D eigenvalue weighted by atomic mass is 9.82. The molecule has 2 aromatic carbocycles. The summed E-state index contributed by atoms with van der Waals surface area (Å²) >= 11 is 0. The first-order valence-electron chi connectivity index (χ1n) is 6.70. The molecule has 0 saturated heterocycles. The molecule has 1 heteroatoms. The molecular weight excluding hydrogens is 244 g/mol. The second-order valence-corrected chi connectivity index (χ2v) is 4.96. The molecule has 2 aromatic rings. The lowest BCUT2D eigenvalue weighted by molar-refractivity contribution is 0.415. The lowest BCUT2D eigenvalue weighted by Crippen LogP contribution is -2.14. The highest BCUT2D eigenvalue weighted by atomic mass is 16.5. The maximum Gasteiger partial charge on any atom is 0.118 e. The molecule has 0 heterocycles. The van der Waals surface area contributed by atoms with Crippen molar-refractivity contribution in [2.24, 2.45) is 0 Å². The summed E-state index contributed by atoms with van der Waals surface area (Å²) in [5, 5.41) is 0. The van der Waals surface area contributed by atoms with Gasteiger partial charge in [0.2, 0.25) is 0 Å². The van der Waals surface area contributed by atoms with Gasteiger partial charge in [-0.2, -0.15) is 0 Å².